The Bertz CT molecular complexity index is 980. The zero-order chi connectivity index (χ0) is 21.6. The van der Waals surface area contributed by atoms with Crippen LogP contribution in [-0.2, 0) is 11.2 Å². The fraction of sp³-hybridized carbons (Fsp3) is 0.227. The minimum atomic E-state index is -4.44. The van der Waals surface area contributed by atoms with Crippen LogP contribution in [0, 0.1) is 0 Å². The van der Waals surface area contributed by atoms with Crippen LogP contribution in [0.4, 0.5) is 19.0 Å². The van der Waals surface area contributed by atoms with Crippen molar-refractivity contribution in [3.05, 3.63) is 78.1 Å². The summed E-state index contributed by atoms with van der Waals surface area (Å²) in [7, 11) is 0. The van der Waals surface area contributed by atoms with Crippen LogP contribution in [0.2, 0.25) is 0 Å². The third kappa shape index (κ3) is 6.04. The van der Waals surface area contributed by atoms with Crippen molar-refractivity contribution in [1.82, 2.24) is 9.97 Å². The number of carboxylic acids is 1. The molecule has 2 N–H and O–H groups in total. The number of nitrogens with zero attached hydrogens (tertiary/aromatic N) is 2. The number of anilines is 1. The Kier molecular flexibility index (Phi) is 6.66. The van der Waals surface area contributed by atoms with E-state index in [4.69, 9.17) is 0 Å². The average Bonchev–Trinajstić information content (AvgIpc) is 2.72. The Balaban J connectivity index is 1.92. The SMILES string of the molecule is O=C(O)C(CCC(F)(F)F)Nc1ncc(-c2ccccc2)nc1Cc1ccccc1. The van der Waals surface area contributed by atoms with Gasteiger partial charge in [0.05, 0.1) is 17.6 Å². The van der Waals surface area contributed by atoms with Crippen LogP contribution in [0.5, 0.6) is 0 Å². The highest BCUT2D eigenvalue weighted by molar-refractivity contribution is 5.77. The molecule has 0 saturated heterocycles. The molecule has 0 bridgehead atoms. The van der Waals surface area contributed by atoms with Gasteiger partial charge in [0.25, 0.3) is 0 Å². The maximum atomic E-state index is 12.6. The zero-order valence-corrected chi connectivity index (χ0v) is 15.9. The van der Waals surface area contributed by atoms with Gasteiger partial charge in [-0.1, -0.05) is 60.7 Å². The number of carboxylic acid groups (broad SMARTS) is 1. The second kappa shape index (κ2) is 9.39. The Morgan fingerprint density at radius 1 is 1.03 bits per heavy atom. The summed E-state index contributed by atoms with van der Waals surface area (Å²) in [5.74, 6) is -1.22. The minimum absolute atomic E-state index is 0.160. The van der Waals surface area contributed by atoms with E-state index in [9.17, 15) is 23.1 Å². The van der Waals surface area contributed by atoms with Gasteiger partial charge in [0.2, 0.25) is 0 Å². The van der Waals surface area contributed by atoms with Gasteiger partial charge < -0.3 is 10.4 Å². The number of hydrogen-bond donors (Lipinski definition) is 2. The molecule has 1 heterocycles. The Labute approximate surface area is 171 Å². The first-order valence-corrected chi connectivity index (χ1v) is 9.33. The number of rotatable bonds is 8. The van der Waals surface area contributed by atoms with Gasteiger partial charge in [0, 0.05) is 18.4 Å². The normalized spacial score (nSPS) is 12.4. The Morgan fingerprint density at radius 2 is 1.67 bits per heavy atom. The lowest BCUT2D eigenvalue weighted by molar-refractivity contribution is -0.144. The van der Waals surface area contributed by atoms with Crippen LogP contribution >= 0.6 is 0 Å². The van der Waals surface area contributed by atoms with Crippen molar-refractivity contribution in [3.63, 3.8) is 0 Å². The second-order valence-electron chi connectivity index (χ2n) is 6.77. The molecule has 8 heteroatoms. The van der Waals surface area contributed by atoms with E-state index in [0.29, 0.717) is 17.8 Å². The van der Waals surface area contributed by atoms with Crippen molar-refractivity contribution < 1.29 is 23.1 Å². The van der Waals surface area contributed by atoms with Crippen molar-refractivity contribution >= 4 is 11.8 Å². The average molecular weight is 415 g/mol. The summed E-state index contributed by atoms with van der Waals surface area (Å²) < 4.78 is 37.7. The fourth-order valence-electron chi connectivity index (χ4n) is 2.94. The fourth-order valence-corrected chi connectivity index (χ4v) is 2.94. The summed E-state index contributed by atoms with van der Waals surface area (Å²) in [6.45, 7) is 0. The lowest BCUT2D eigenvalue weighted by Gasteiger charge is -2.18. The number of aromatic nitrogens is 2. The van der Waals surface area contributed by atoms with E-state index >= 15 is 0 Å². The standard InChI is InChI=1S/C22H20F3N3O2/c23-22(24,25)12-11-17(21(29)30)28-20-18(13-15-7-3-1-4-8-15)27-19(14-26-20)16-9-5-2-6-10-16/h1-10,14,17H,11-13H2,(H,26,28)(H,29,30). The van der Waals surface area contributed by atoms with Crippen LogP contribution in [-0.4, -0.2) is 33.3 Å². The maximum absolute atomic E-state index is 12.6. The molecule has 0 aliphatic heterocycles. The smallest absolute Gasteiger partial charge is 0.389 e. The van der Waals surface area contributed by atoms with E-state index in [1.807, 2.05) is 60.7 Å². The van der Waals surface area contributed by atoms with Crippen molar-refractivity contribution in [2.75, 3.05) is 5.32 Å². The van der Waals surface area contributed by atoms with E-state index in [0.717, 1.165) is 11.1 Å². The van der Waals surface area contributed by atoms with E-state index in [1.54, 1.807) is 0 Å². The minimum Gasteiger partial charge on any atom is -0.480 e. The first-order valence-electron chi connectivity index (χ1n) is 9.33. The van der Waals surface area contributed by atoms with Crippen molar-refractivity contribution in [2.45, 2.75) is 31.5 Å². The first-order chi connectivity index (χ1) is 14.3. The van der Waals surface area contributed by atoms with Gasteiger partial charge in [0.1, 0.15) is 11.9 Å². The molecule has 1 atom stereocenters. The highest BCUT2D eigenvalue weighted by Crippen LogP contribution is 2.25. The van der Waals surface area contributed by atoms with Crippen LogP contribution in [0.25, 0.3) is 11.3 Å². The summed E-state index contributed by atoms with van der Waals surface area (Å²) in [4.78, 5) is 20.4. The molecule has 5 nitrogen and oxygen atoms in total. The van der Waals surface area contributed by atoms with Crippen LogP contribution in [0.3, 0.4) is 0 Å². The second-order valence-corrected chi connectivity index (χ2v) is 6.77. The van der Waals surface area contributed by atoms with E-state index < -0.39 is 31.0 Å². The molecule has 0 fully saturated rings. The molecule has 1 unspecified atom stereocenters. The summed E-state index contributed by atoms with van der Waals surface area (Å²) in [6, 6.07) is 17.3. The van der Waals surface area contributed by atoms with Crippen molar-refractivity contribution in [2.24, 2.45) is 0 Å². The molecule has 156 valence electrons. The lowest BCUT2D eigenvalue weighted by Crippen LogP contribution is -2.32. The number of halogens is 3. The molecule has 0 spiro atoms. The molecular formula is C22H20F3N3O2. The molecule has 0 radical (unpaired) electrons. The largest absolute Gasteiger partial charge is 0.480 e. The number of nitrogens with one attached hydrogen (secondary N) is 1. The predicted molar refractivity (Wildman–Crippen MR) is 107 cm³/mol. The van der Waals surface area contributed by atoms with Crippen molar-refractivity contribution in [3.8, 4) is 11.3 Å². The molecular weight excluding hydrogens is 395 g/mol. The quantitative estimate of drug-likeness (QED) is 0.545. The summed E-state index contributed by atoms with van der Waals surface area (Å²) >= 11 is 0. The molecule has 0 saturated carbocycles. The number of hydrogen-bond acceptors (Lipinski definition) is 4. The third-order valence-corrected chi connectivity index (χ3v) is 4.45. The highest BCUT2D eigenvalue weighted by Gasteiger charge is 2.31. The van der Waals surface area contributed by atoms with E-state index in [-0.39, 0.29) is 5.82 Å². The first kappa shape index (κ1) is 21.3. The predicted octanol–water partition coefficient (Wildman–Crippen LogP) is 4.94. The lowest BCUT2D eigenvalue weighted by atomic mass is 10.1. The number of alkyl halides is 3. The third-order valence-electron chi connectivity index (χ3n) is 4.45. The molecule has 3 aromatic rings. The highest BCUT2D eigenvalue weighted by atomic mass is 19.4. The summed E-state index contributed by atoms with van der Waals surface area (Å²) in [5.41, 5.74) is 2.80. The van der Waals surface area contributed by atoms with E-state index in [2.05, 4.69) is 15.3 Å². The van der Waals surface area contributed by atoms with Crippen LogP contribution < -0.4 is 5.32 Å². The monoisotopic (exact) mass is 415 g/mol. The maximum Gasteiger partial charge on any atom is 0.389 e. The van der Waals surface area contributed by atoms with Gasteiger partial charge in [-0.15, -0.1) is 0 Å². The zero-order valence-electron chi connectivity index (χ0n) is 15.9. The molecule has 2 aromatic carbocycles. The Hall–Kier alpha value is -3.42. The van der Waals surface area contributed by atoms with Gasteiger partial charge >= 0.3 is 12.1 Å². The number of benzene rings is 2. The molecule has 0 amide bonds. The van der Waals surface area contributed by atoms with Crippen LogP contribution in [0.15, 0.2) is 66.9 Å². The number of aliphatic carboxylic acids is 1. The van der Waals surface area contributed by atoms with Gasteiger partial charge in [-0.25, -0.2) is 14.8 Å². The summed E-state index contributed by atoms with van der Waals surface area (Å²) in [5, 5.41) is 12.0. The number of carbonyl (C=O) groups is 1. The molecule has 30 heavy (non-hydrogen) atoms. The molecule has 0 aliphatic carbocycles. The van der Waals surface area contributed by atoms with Crippen LogP contribution in [0.1, 0.15) is 24.1 Å². The topological polar surface area (TPSA) is 75.1 Å². The molecule has 1 aromatic heterocycles. The van der Waals surface area contributed by atoms with E-state index in [1.165, 1.54) is 6.20 Å². The summed E-state index contributed by atoms with van der Waals surface area (Å²) in [6.07, 6.45) is -4.42. The van der Waals surface area contributed by atoms with Gasteiger partial charge in [-0.2, -0.15) is 13.2 Å². The van der Waals surface area contributed by atoms with Gasteiger partial charge in [-0.3, -0.25) is 0 Å². The van der Waals surface area contributed by atoms with Gasteiger partial charge in [-0.05, 0) is 12.0 Å². The van der Waals surface area contributed by atoms with Crippen molar-refractivity contribution in [1.29, 1.82) is 0 Å². The molecule has 0 aliphatic rings. The Morgan fingerprint density at radius 3 is 2.27 bits per heavy atom. The molecule has 3 rings (SSSR count). The van der Waals surface area contributed by atoms with Gasteiger partial charge in [0.15, 0.2) is 0 Å².